The van der Waals surface area contributed by atoms with Gasteiger partial charge in [-0.1, -0.05) is 24.6 Å². The molecule has 4 rings (SSSR count). The largest absolute Gasteiger partial charge is 0.364 e. The van der Waals surface area contributed by atoms with Crippen molar-refractivity contribution in [3.63, 3.8) is 0 Å². The molecule has 33 heavy (non-hydrogen) atoms. The van der Waals surface area contributed by atoms with Gasteiger partial charge in [0.25, 0.3) is 11.8 Å². The summed E-state index contributed by atoms with van der Waals surface area (Å²) in [5, 5.41) is -0.0854. The number of nitrogens with two attached hydrogens (primary N) is 1. The number of rotatable bonds is 3. The number of nitrogens with zero attached hydrogens (tertiary/aromatic N) is 1. The zero-order valence-corrected chi connectivity index (χ0v) is 18.4. The molecule has 1 saturated carbocycles. The van der Waals surface area contributed by atoms with Gasteiger partial charge in [0, 0.05) is 36.2 Å². The van der Waals surface area contributed by atoms with Crippen LogP contribution in [0.1, 0.15) is 54.7 Å². The molecule has 0 spiro atoms. The van der Waals surface area contributed by atoms with Crippen LogP contribution in [-0.4, -0.2) is 21.8 Å². The number of fused-ring (bicyclic) bond motifs is 1. The number of hydrogen-bond donors (Lipinski definition) is 2. The van der Waals surface area contributed by atoms with Crippen LogP contribution in [0.2, 0.25) is 5.02 Å². The van der Waals surface area contributed by atoms with Crippen molar-refractivity contribution in [2.75, 3.05) is 0 Å². The van der Waals surface area contributed by atoms with Crippen molar-refractivity contribution < 1.29 is 22.4 Å². The minimum atomic E-state index is -2.74. The second-order valence-corrected chi connectivity index (χ2v) is 8.32. The van der Waals surface area contributed by atoms with Crippen molar-refractivity contribution >= 4 is 28.4 Å². The Morgan fingerprint density at radius 3 is 2.58 bits per heavy atom. The fourth-order valence-electron chi connectivity index (χ4n) is 4.08. The van der Waals surface area contributed by atoms with Crippen LogP contribution in [0, 0.1) is 17.6 Å². The first-order valence-corrected chi connectivity index (χ1v) is 10.7. The van der Waals surface area contributed by atoms with Crippen molar-refractivity contribution in [3.05, 3.63) is 74.8 Å². The highest BCUT2D eigenvalue weighted by Crippen LogP contribution is 2.46. The van der Waals surface area contributed by atoms with Gasteiger partial charge in [0.2, 0.25) is 0 Å². The Hall–Kier alpha value is -2.94. The molecule has 1 unspecified atom stereocenters. The molecule has 10 heteroatoms. The van der Waals surface area contributed by atoms with E-state index in [1.807, 2.05) is 0 Å². The van der Waals surface area contributed by atoms with Gasteiger partial charge >= 0.3 is 0 Å². The monoisotopic (exact) mass is 483 g/mol. The minimum absolute atomic E-state index is 0.0998. The molecule has 1 aliphatic carbocycles. The third-order valence-corrected chi connectivity index (χ3v) is 6.10. The van der Waals surface area contributed by atoms with Crippen LogP contribution in [-0.2, 0) is 0 Å². The van der Waals surface area contributed by atoms with Gasteiger partial charge in [-0.05, 0) is 37.5 Å². The topological polar surface area (TPSA) is 88.8 Å². The molecule has 1 aromatic carbocycles. The fraction of sp³-hybridized carbons (Fsp3) is 0.348. The van der Waals surface area contributed by atoms with Crippen LogP contribution < -0.4 is 11.2 Å². The number of carbonyl (C=O) groups excluding carboxylic acids is 1. The summed E-state index contributed by atoms with van der Waals surface area (Å²) in [7, 11) is 0. The minimum Gasteiger partial charge on any atom is -0.364 e. The molecular weight excluding hydrogens is 462 g/mol. The van der Waals surface area contributed by atoms with Gasteiger partial charge in [-0.3, -0.25) is 14.6 Å². The number of aromatic nitrogens is 2. The van der Waals surface area contributed by atoms with E-state index in [0.717, 1.165) is 6.07 Å². The number of hydrogen-bond acceptors (Lipinski definition) is 3. The van der Waals surface area contributed by atoms with Gasteiger partial charge in [-0.25, -0.2) is 17.6 Å². The quantitative estimate of drug-likeness (QED) is 0.377. The number of aromatic amines is 1. The SMILES string of the molecule is CCC1CC[C@H](c2cc(=O)c3c(C(N)=O)nccc3[nH]2)CC1(F)F.Fc1cccc(Cl)c1F. The number of benzene rings is 1. The first-order chi connectivity index (χ1) is 15.5. The van der Waals surface area contributed by atoms with Crippen molar-refractivity contribution in [2.24, 2.45) is 11.7 Å². The molecular formula is C23H22ClF4N3O2. The lowest BCUT2D eigenvalue weighted by Gasteiger charge is -2.35. The lowest BCUT2D eigenvalue weighted by atomic mass is 9.76. The second-order valence-electron chi connectivity index (χ2n) is 7.92. The number of amides is 1. The fourth-order valence-corrected chi connectivity index (χ4v) is 4.25. The number of nitrogens with one attached hydrogen (secondary N) is 1. The summed E-state index contributed by atoms with van der Waals surface area (Å²) < 4.78 is 52.8. The van der Waals surface area contributed by atoms with Crippen molar-refractivity contribution in [3.8, 4) is 0 Å². The smallest absolute Gasteiger partial charge is 0.268 e. The number of carbonyl (C=O) groups is 1. The third-order valence-electron chi connectivity index (χ3n) is 5.81. The maximum absolute atomic E-state index is 14.2. The number of alkyl halides is 2. The summed E-state index contributed by atoms with van der Waals surface area (Å²) >= 11 is 5.20. The number of H-pyrrole nitrogens is 1. The van der Waals surface area contributed by atoms with Crippen molar-refractivity contribution in [1.29, 1.82) is 0 Å². The van der Waals surface area contributed by atoms with Crippen LogP contribution in [0.5, 0.6) is 0 Å². The standard InChI is InChI=1S/C17H19F2N3O2.C6H3ClF2/c1-2-10-4-3-9(8-17(10,18)19)12-7-13(23)14-11(22-12)5-6-21-15(14)16(20)24;7-4-2-1-3-5(8)6(4)9/h5-7,9-10H,2-4,8H2,1H3,(H2,20,24)(H,22,23);1-3H/t9-,10?;/m0./s1. The van der Waals surface area contributed by atoms with E-state index in [9.17, 15) is 27.2 Å². The molecule has 0 saturated heterocycles. The summed E-state index contributed by atoms with van der Waals surface area (Å²) in [6.07, 6.45) is 2.56. The van der Waals surface area contributed by atoms with E-state index in [0.29, 0.717) is 30.5 Å². The van der Waals surface area contributed by atoms with E-state index in [4.69, 9.17) is 17.3 Å². The number of halogens is 5. The predicted octanol–water partition coefficient (Wildman–Crippen LogP) is 5.57. The summed E-state index contributed by atoms with van der Waals surface area (Å²) in [5.74, 6) is -6.45. The Balaban J connectivity index is 0.000000286. The molecule has 0 aliphatic heterocycles. The molecule has 1 fully saturated rings. The molecule has 2 aromatic heterocycles. The molecule has 3 N–H and O–H groups in total. The van der Waals surface area contributed by atoms with Gasteiger partial charge in [0.1, 0.15) is 5.69 Å². The average molecular weight is 484 g/mol. The maximum atomic E-state index is 14.2. The molecule has 1 amide bonds. The molecule has 5 nitrogen and oxygen atoms in total. The van der Waals surface area contributed by atoms with Crippen LogP contribution in [0.15, 0.2) is 41.3 Å². The van der Waals surface area contributed by atoms with Crippen molar-refractivity contribution in [2.45, 2.75) is 44.4 Å². The molecule has 0 radical (unpaired) electrons. The van der Waals surface area contributed by atoms with Crippen molar-refractivity contribution in [1.82, 2.24) is 9.97 Å². The number of primary amides is 1. The van der Waals surface area contributed by atoms with Crippen LogP contribution in [0.3, 0.4) is 0 Å². The highest BCUT2D eigenvalue weighted by Gasteiger charge is 2.44. The normalized spacial score (nSPS) is 19.6. The summed E-state index contributed by atoms with van der Waals surface area (Å²) in [5.41, 5.74) is 5.57. The first kappa shape index (κ1) is 24.7. The molecule has 2 heterocycles. The Kier molecular flexibility index (Phi) is 7.41. The molecule has 3 aromatic rings. The van der Waals surface area contributed by atoms with E-state index in [1.165, 1.54) is 24.4 Å². The van der Waals surface area contributed by atoms with E-state index in [-0.39, 0.29) is 22.5 Å². The Labute approximate surface area is 192 Å². The zero-order chi connectivity index (χ0) is 24.3. The summed E-state index contributed by atoms with van der Waals surface area (Å²) in [6.45, 7) is 1.77. The van der Waals surface area contributed by atoms with Gasteiger partial charge in [-0.15, -0.1) is 0 Å². The summed E-state index contributed by atoms with van der Waals surface area (Å²) in [6, 6.07) is 6.49. The first-order valence-electron chi connectivity index (χ1n) is 10.3. The van der Waals surface area contributed by atoms with E-state index < -0.39 is 40.7 Å². The molecule has 0 bridgehead atoms. The maximum Gasteiger partial charge on any atom is 0.268 e. The van der Waals surface area contributed by atoms with Gasteiger partial charge < -0.3 is 10.7 Å². The molecule has 1 aliphatic rings. The van der Waals surface area contributed by atoms with Gasteiger partial charge in [-0.2, -0.15) is 0 Å². The predicted molar refractivity (Wildman–Crippen MR) is 118 cm³/mol. The highest BCUT2D eigenvalue weighted by molar-refractivity contribution is 6.30. The Bertz CT molecular complexity index is 1210. The molecule has 176 valence electrons. The van der Waals surface area contributed by atoms with Crippen LogP contribution >= 0.6 is 11.6 Å². The van der Waals surface area contributed by atoms with Gasteiger partial charge in [0.05, 0.1) is 15.9 Å². The lowest BCUT2D eigenvalue weighted by molar-refractivity contribution is -0.0931. The highest BCUT2D eigenvalue weighted by atomic mass is 35.5. The third kappa shape index (κ3) is 5.35. The zero-order valence-electron chi connectivity index (χ0n) is 17.7. The van der Waals surface area contributed by atoms with E-state index in [2.05, 4.69) is 9.97 Å². The van der Waals surface area contributed by atoms with E-state index in [1.54, 1.807) is 13.0 Å². The second kappa shape index (κ2) is 9.91. The Morgan fingerprint density at radius 1 is 1.27 bits per heavy atom. The lowest BCUT2D eigenvalue weighted by Crippen LogP contribution is -2.35. The van der Waals surface area contributed by atoms with Gasteiger partial charge in [0.15, 0.2) is 17.1 Å². The van der Waals surface area contributed by atoms with E-state index >= 15 is 0 Å². The van der Waals surface area contributed by atoms with Crippen LogP contribution in [0.4, 0.5) is 17.6 Å². The van der Waals surface area contributed by atoms with Crippen LogP contribution in [0.25, 0.3) is 10.9 Å². The number of pyridine rings is 2. The Morgan fingerprint density at radius 2 is 2.00 bits per heavy atom. The average Bonchev–Trinajstić information content (AvgIpc) is 2.76. The summed E-state index contributed by atoms with van der Waals surface area (Å²) in [4.78, 5) is 30.7. The molecule has 2 atom stereocenters.